The summed E-state index contributed by atoms with van der Waals surface area (Å²) >= 11 is 0. The van der Waals surface area contributed by atoms with E-state index in [0.29, 0.717) is 0 Å². The summed E-state index contributed by atoms with van der Waals surface area (Å²) in [5.41, 5.74) is 3.60. The normalized spacial score (nSPS) is 14.4. The van der Waals surface area contributed by atoms with E-state index in [4.69, 9.17) is 5.73 Å². The van der Waals surface area contributed by atoms with E-state index in [1.54, 1.807) is 20.8 Å². The number of ketones is 1. The van der Waals surface area contributed by atoms with Gasteiger partial charge in [-0.2, -0.15) is 13.2 Å². The van der Waals surface area contributed by atoms with E-state index in [2.05, 4.69) is 4.98 Å². The molecule has 1 heterocycles. The SMILES string of the molecule is CC(C)(C)C(N)C(=O)c1cnccc1C(F)(F)F. The Morgan fingerprint density at radius 1 is 1.33 bits per heavy atom. The van der Waals surface area contributed by atoms with E-state index >= 15 is 0 Å². The summed E-state index contributed by atoms with van der Waals surface area (Å²) in [4.78, 5) is 15.6. The van der Waals surface area contributed by atoms with Crippen LogP contribution in [0.5, 0.6) is 0 Å². The lowest BCUT2D eigenvalue weighted by atomic mass is 9.82. The minimum absolute atomic E-state index is 0.479. The molecule has 18 heavy (non-hydrogen) atoms. The highest BCUT2D eigenvalue weighted by Crippen LogP contribution is 2.33. The molecule has 3 nitrogen and oxygen atoms in total. The number of rotatable bonds is 2. The van der Waals surface area contributed by atoms with Gasteiger partial charge in [0.15, 0.2) is 5.78 Å². The molecule has 1 unspecified atom stereocenters. The molecule has 0 bridgehead atoms. The second-order valence-electron chi connectivity index (χ2n) is 5.13. The second kappa shape index (κ2) is 4.68. The average Bonchev–Trinajstić information content (AvgIpc) is 2.24. The molecule has 0 fully saturated rings. The van der Waals surface area contributed by atoms with Crippen LogP contribution in [0.3, 0.4) is 0 Å². The third kappa shape index (κ3) is 3.07. The van der Waals surface area contributed by atoms with Gasteiger partial charge in [-0.15, -0.1) is 0 Å². The zero-order chi connectivity index (χ0) is 14.1. The van der Waals surface area contributed by atoms with Gasteiger partial charge in [0.25, 0.3) is 0 Å². The van der Waals surface area contributed by atoms with Crippen LogP contribution in [0.4, 0.5) is 13.2 Å². The quantitative estimate of drug-likeness (QED) is 0.832. The van der Waals surface area contributed by atoms with Gasteiger partial charge in [-0.3, -0.25) is 9.78 Å². The fourth-order valence-electron chi connectivity index (χ4n) is 1.40. The van der Waals surface area contributed by atoms with Crippen molar-refractivity contribution < 1.29 is 18.0 Å². The van der Waals surface area contributed by atoms with Crippen molar-refractivity contribution >= 4 is 5.78 Å². The number of carbonyl (C=O) groups is 1. The number of hydrogen-bond acceptors (Lipinski definition) is 3. The molecule has 1 rings (SSSR count). The van der Waals surface area contributed by atoms with Gasteiger partial charge in [0.05, 0.1) is 11.6 Å². The smallest absolute Gasteiger partial charge is 0.321 e. The lowest BCUT2D eigenvalue weighted by Gasteiger charge is -2.26. The van der Waals surface area contributed by atoms with E-state index in [0.717, 1.165) is 18.5 Å². The summed E-state index contributed by atoms with van der Waals surface area (Å²) in [7, 11) is 0. The van der Waals surface area contributed by atoms with Crippen molar-refractivity contribution in [2.24, 2.45) is 11.1 Å². The molecule has 100 valence electrons. The van der Waals surface area contributed by atoms with E-state index in [1.807, 2.05) is 0 Å². The summed E-state index contributed by atoms with van der Waals surface area (Å²) in [6.07, 6.45) is -2.68. The summed E-state index contributed by atoms with van der Waals surface area (Å²) in [5, 5.41) is 0. The maximum absolute atomic E-state index is 12.7. The third-order valence-electron chi connectivity index (χ3n) is 2.61. The van der Waals surface area contributed by atoms with Crippen molar-refractivity contribution in [2.45, 2.75) is 33.0 Å². The Labute approximate surface area is 103 Å². The van der Waals surface area contributed by atoms with Crippen LogP contribution in [-0.2, 0) is 6.18 Å². The molecule has 0 aliphatic carbocycles. The van der Waals surface area contributed by atoms with Crippen LogP contribution < -0.4 is 5.73 Å². The minimum atomic E-state index is -4.59. The van der Waals surface area contributed by atoms with E-state index < -0.39 is 34.5 Å². The molecule has 6 heteroatoms. The van der Waals surface area contributed by atoms with Crippen LogP contribution in [0.15, 0.2) is 18.5 Å². The van der Waals surface area contributed by atoms with Gasteiger partial charge in [0.1, 0.15) is 0 Å². The largest absolute Gasteiger partial charge is 0.417 e. The van der Waals surface area contributed by atoms with Crippen LogP contribution in [0.25, 0.3) is 0 Å². The van der Waals surface area contributed by atoms with Gasteiger partial charge >= 0.3 is 6.18 Å². The third-order valence-corrected chi connectivity index (χ3v) is 2.61. The number of pyridine rings is 1. The molecule has 0 aliphatic rings. The molecule has 0 radical (unpaired) electrons. The number of nitrogens with two attached hydrogens (primary N) is 1. The van der Waals surface area contributed by atoms with E-state index in [-0.39, 0.29) is 0 Å². The highest BCUT2D eigenvalue weighted by Gasteiger charge is 2.38. The number of hydrogen-bond donors (Lipinski definition) is 1. The van der Waals surface area contributed by atoms with Crippen molar-refractivity contribution in [1.29, 1.82) is 0 Å². The Hall–Kier alpha value is -1.43. The van der Waals surface area contributed by atoms with Gasteiger partial charge in [-0.05, 0) is 11.5 Å². The zero-order valence-corrected chi connectivity index (χ0v) is 10.4. The predicted molar refractivity (Wildman–Crippen MR) is 61.0 cm³/mol. The maximum atomic E-state index is 12.7. The molecule has 0 saturated heterocycles. The first kappa shape index (κ1) is 14.6. The molecular formula is C12H15F3N2O. The monoisotopic (exact) mass is 260 g/mol. The van der Waals surface area contributed by atoms with Crippen LogP contribution in [-0.4, -0.2) is 16.8 Å². The fraction of sp³-hybridized carbons (Fsp3) is 0.500. The predicted octanol–water partition coefficient (Wildman–Crippen LogP) is 2.66. The van der Waals surface area contributed by atoms with E-state index in [1.165, 1.54) is 0 Å². The Balaban J connectivity index is 3.23. The molecule has 1 atom stereocenters. The molecule has 1 aromatic heterocycles. The van der Waals surface area contributed by atoms with E-state index in [9.17, 15) is 18.0 Å². The van der Waals surface area contributed by atoms with Gasteiger partial charge in [0, 0.05) is 18.0 Å². The molecule has 0 saturated carbocycles. The van der Waals surface area contributed by atoms with Crippen LogP contribution in [0.2, 0.25) is 0 Å². The molecule has 0 aromatic carbocycles. The maximum Gasteiger partial charge on any atom is 0.417 e. The summed E-state index contributed by atoms with van der Waals surface area (Å²) in [6.45, 7) is 5.08. The van der Waals surface area contributed by atoms with Crippen LogP contribution >= 0.6 is 0 Å². The summed E-state index contributed by atoms with van der Waals surface area (Å²) < 4.78 is 38.2. The van der Waals surface area contributed by atoms with Crippen molar-refractivity contribution in [3.8, 4) is 0 Å². The number of halogens is 3. The fourth-order valence-corrected chi connectivity index (χ4v) is 1.40. The number of carbonyl (C=O) groups excluding carboxylic acids is 1. The number of aromatic nitrogens is 1. The Morgan fingerprint density at radius 3 is 2.33 bits per heavy atom. The highest BCUT2D eigenvalue weighted by atomic mass is 19.4. The molecule has 0 spiro atoms. The molecule has 1 aromatic rings. The van der Waals surface area contributed by atoms with Gasteiger partial charge in [0.2, 0.25) is 0 Å². The molecular weight excluding hydrogens is 245 g/mol. The van der Waals surface area contributed by atoms with Crippen LogP contribution in [0, 0.1) is 5.41 Å². The summed E-state index contributed by atoms with van der Waals surface area (Å²) in [6, 6.07) is -0.231. The van der Waals surface area contributed by atoms with Crippen molar-refractivity contribution in [2.75, 3.05) is 0 Å². The number of Topliss-reactive ketones (excluding diaryl/α,β-unsaturated/α-hetero) is 1. The standard InChI is InChI=1S/C12H15F3N2O/c1-11(2,3)10(16)9(18)7-6-17-5-4-8(7)12(13,14)15/h4-6,10H,16H2,1-3H3. The van der Waals surface area contributed by atoms with Crippen LogP contribution in [0.1, 0.15) is 36.7 Å². The van der Waals surface area contributed by atoms with Gasteiger partial charge < -0.3 is 5.73 Å². The van der Waals surface area contributed by atoms with Crippen molar-refractivity contribution in [3.05, 3.63) is 29.6 Å². The highest BCUT2D eigenvalue weighted by molar-refractivity contribution is 6.01. The lowest BCUT2D eigenvalue weighted by molar-refractivity contribution is -0.138. The van der Waals surface area contributed by atoms with Gasteiger partial charge in [-0.1, -0.05) is 20.8 Å². The first-order valence-electron chi connectivity index (χ1n) is 5.36. The summed E-state index contributed by atoms with van der Waals surface area (Å²) in [5.74, 6) is -0.747. The lowest BCUT2D eigenvalue weighted by Crippen LogP contribution is -2.43. The Bertz CT molecular complexity index is 449. The number of nitrogens with zero attached hydrogens (tertiary/aromatic N) is 1. The first-order valence-corrected chi connectivity index (χ1v) is 5.36. The Morgan fingerprint density at radius 2 is 1.89 bits per heavy atom. The average molecular weight is 260 g/mol. The minimum Gasteiger partial charge on any atom is -0.321 e. The molecule has 0 aliphatic heterocycles. The molecule has 2 N–H and O–H groups in total. The van der Waals surface area contributed by atoms with Gasteiger partial charge in [-0.25, -0.2) is 0 Å². The van der Waals surface area contributed by atoms with Crippen molar-refractivity contribution in [1.82, 2.24) is 4.98 Å². The number of alkyl halides is 3. The topological polar surface area (TPSA) is 56.0 Å². The van der Waals surface area contributed by atoms with Crippen molar-refractivity contribution in [3.63, 3.8) is 0 Å². The molecule has 0 amide bonds. The zero-order valence-electron chi connectivity index (χ0n) is 10.4. The first-order chi connectivity index (χ1) is 8.05. The Kier molecular flexibility index (Phi) is 3.81. The second-order valence-corrected chi connectivity index (χ2v) is 5.13.